The van der Waals surface area contributed by atoms with Gasteiger partial charge < -0.3 is 10.2 Å². The Morgan fingerprint density at radius 3 is 2.36 bits per heavy atom. The minimum atomic E-state index is -0.410. The van der Waals surface area contributed by atoms with E-state index in [1.165, 1.54) is 10.3 Å². The number of rotatable bonds is 6. The maximum atomic E-state index is 12.4. The summed E-state index contributed by atoms with van der Waals surface area (Å²) in [5.41, 5.74) is 3.00. The lowest BCUT2D eigenvalue weighted by Crippen LogP contribution is -2.49. The first kappa shape index (κ1) is 21.5. The van der Waals surface area contributed by atoms with Crippen LogP contribution in [0.15, 0.2) is 42.5 Å². The van der Waals surface area contributed by atoms with E-state index in [1.807, 2.05) is 0 Å². The fraction of sp³-hybridized carbons (Fsp3) is 0.333. The number of amides is 3. The van der Waals surface area contributed by atoms with Crippen LogP contribution in [0.5, 0.6) is 0 Å². The molecule has 0 unspecified atom stereocenters. The molecule has 0 atom stereocenters. The predicted molar refractivity (Wildman–Crippen MR) is 128 cm³/mol. The number of aromatic nitrogens is 1. The fourth-order valence-electron chi connectivity index (χ4n) is 4.31. The smallest absolute Gasteiger partial charge is 0.262 e. The summed E-state index contributed by atoms with van der Waals surface area (Å²) in [6.45, 7) is 6.60. The van der Waals surface area contributed by atoms with Crippen molar-refractivity contribution >= 4 is 44.4 Å². The Balaban J connectivity index is 1.07. The van der Waals surface area contributed by atoms with Crippen LogP contribution in [0.3, 0.4) is 0 Å². The normalized spacial score (nSPS) is 16.5. The Kier molecular flexibility index (Phi) is 5.82. The molecule has 9 heteroatoms. The molecule has 2 aliphatic heterocycles. The van der Waals surface area contributed by atoms with Gasteiger partial charge in [-0.25, -0.2) is 4.98 Å². The molecule has 1 saturated heterocycles. The SMILES string of the molecule is Cc1cccc2sc(N3CCN(CCNC(=O)CN4C(=O)c5ccccc5C4=O)CC3)nc12. The summed E-state index contributed by atoms with van der Waals surface area (Å²) in [5, 5.41) is 3.90. The highest BCUT2D eigenvalue weighted by molar-refractivity contribution is 7.22. The highest BCUT2D eigenvalue weighted by Crippen LogP contribution is 2.31. The molecule has 3 aromatic rings. The van der Waals surface area contributed by atoms with Gasteiger partial charge in [0.2, 0.25) is 5.91 Å². The Labute approximate surface area is 195 Å². The average molecular weight is 464 g/mol. The van der Waals surface area contributed by atoms with Gasteiger partial charge >= 0.3 is 0 Å². The van der Waals surface area contributed by atoms with E-state index >= 15 is 0 Å². The van der Waals surface area contributed by atoms with Crippen LogP contribution >= 0.6 is 11.3 Å². The number of aryl methyl sites for hydroxylation is 1. The zero-order chi connectivity index (χ0) is 22.9. The zero-order valence-corrected chi connectivity index (χ0v) is 19.2. The first-order chi connectivity index (χ1) is 16.0. The fourth-order valence-corrected chi connectivity index (χ4v) is 5.40. The highest BCUT2D eigenvalue weighted by Gasteiger charge is 2.36. The lowest BCUT2D eigenvalue weighted by Gasteiger charge is -2.34. The van der Waals surface area contributed by atoms with Crippen molar-refractivity contribution < 1.29 is 14.4 Å². The molecule has 0 radical (unpaired) electrons. The van der Waals surface area contributed by atoms with Gasteiger partial charge in [-0.3, -0.25) is 24.2 Å². The molecule has 2 aromatic carbocycles. The Bertz CT molecular complexity index is 1200. The molecule has 3 heterocycles. The van der Waals surface area contributed by atoms with Crippen molar-refractivity contribution in [3.8, 4) is 0 Å². The Morgan fingerprint density at radius 2 is 1.70 bits per heavy atom. The number of fused-ring (bicyclic) bond motifs is 2. The van der Waals surface area contributed by atoms with Crippen molar-refractivity contribution in [3.63, 3.8) is 0 Å². The summed E-state index contributed by atoms with van der Waals surface area (Å²) >= 11 is 1.73. The van der Waals surface area contributed by atoms with E-state index in [-0.39, 0.29) is 12.5 Å². The van der Waals surface area contributed by atoms with Crippen LogP contribution in [0.4, 0.5) is 5.13 Å². The number of nitrogens with zero attached hydrogens (tertiary/aromatic N) is 4. The summed E-state index contributed by atoms with van der Waals surface area (Å²) < 4.78 is 1.22. The standard InChI is InChI=1S/C24H25N5O3S/c1-16-5-4-8-19-21(16)26-24(33-19)28-13-11-27(12-14-28)10-9-25-20(30)15-29-22(31)17-6-2-3-7-18(17)23(29)32/h2-8H,9-15H2,1H3,(H,25,30). The van der Waals surface area contributed by atoms with E-state index < -0.39 is 11.8 Å². The van der Waals surface area contributed by atoms with Crippen molar-refractivity contribution in [1.29, 1.82) is 0 Å². The van der Waals surface area contributed by atoms with Crippen LogP contribution in [0.2, 0.25) is 0 Å². The van der Waals surface area contributed by atoms with Crippen LogP contribution in [0, 0.1) is 6.92 Å². The van der Waals surface area contributed by atoms with Gasteiger partial charge in [0, 0.05) is 39.3 Å². The topological polar surface area (TPSA) is 85.9 Å². The number of benzene rings is 2. The minimum Gasteiger partial charge on any atom is -0.353 e. The van der Waals surface area contributed by atoms with E-state index in [0.717, 1.165) is 48.3 Å². The summed E-state index contributed by atoms with van der Waals surface area (Å²) in [6.07, 6.45) is 0. The Morgan fingerprint density at radius 1 is 1.00 bits per heavy atom. The number of hydrogen-bond donors (Lipinski definition) is 1. The summed E-state index contributed by atoms with van der Waals surface area (Å²) in [5.74, 6) is -1.15. The lowest BCUT2D eigenvalue weighted by molar-refractivity contribution is -0.121. The third kappa shape index (κ3) is 4.21. The van der Waals surface area contributed by atoms with Crippen LogP contribution in [0.25, 0.3) is 10.2 Å². The van der Waals surface area contributed by atoms with Gasteiger partial charge in [-0.2, -0.15) is 0 Å². The number of piperazine rings is 1. The number of thiazole rings is 1. The third-order valence-corrected chi connectivity index (χ3v) is 7.26. The van der Waals surface area contributed by atoms with Crippen molar-refractivity contribution in [3.05, 3.63) is 59.2 Å². The summed E-state index contributed by atoms with van der Waals surface area (Å²) in [7, 11) is 0. The summed E-state index contributed by atoms with van der Waals surface area (Å²) in [4.78, 5) is 47.6. The molecule has 1 fully saturated rings. The monoisotopic (exact) mass is 463 g/mol. The van der Waals surface area contributed by atoms with Gasteiger partial charge in [-0.1, -0.05) is 35.6 Å². The highest BCUT2D eigenvalue weighted by atomic mass is 32.1. The number of nitrogens with one attached hydrogen (secondary N) is 1. The van der Waals surface area contributed by atoms with Gasteiger partial charge in [0.1, 0.15) is 6.54 Å². The van der Waals surface area contributed by atoms with Crippen LogP contribution in [-0.2, 0) is 4.79 Å². The zero-order valence-electron chi connectivity index (χ0n) is 18.4. The van der Waals surface area contributed by atoms with Crippen molar-refractivity contribution in [2.45, 2.75) is 6.92 Å². The van der Waals surface area contributed by atoms with E-state index in [4.69, 9.17) is 4.98 Å². The van der Waals surface area contributed by atoms with Crippen molar-refractivity contribution in [1.82, 2.24) is 20.1 Å². The number of para-hydroxylation sites is 1. The Hall–Kier alpha value is -3.30. The van der Waals surface area contributed by atoms with Crippen molar-refractivity contribution in [2.75, 3.05) is 50.7 Å². The largest absolute Gasteiger partial charge is 0.353 e. The molecule has 33 heavy (non-hydrogen) atoms. The molecule has 3 amide bonds. The van der Waals surface area contributed by atoms with Gasteiger partial charge in [0.25, 0.3) is 11.8 Å². The number of imide groups is 1. The van der Waals surface area contributed by atoms with Gasteiger partial charge in [-0.15, -0.1) is 0 Å². The second kappa shape index (κ2) is 8.92. The average Bonchev–Trinajstić information content (AvgIpc) is 3.37. The molecule has 2 aliphatic rings. The second-order valence-corrected chi connectivity index (χ2v) is 9.35. The quantitative estimate of drug-likeness (QED) is 0.564. The second-order valence-electron chi connectivity index (χ2n) is 8.34. The molecule has 1 aromatic heterocycles. The molecular weight excluding hydrogens is 438 g/mol. The maximum absolute atomic E-state index is 12.4. The lowest BCUT2D eigenvalue weighted by atomic mass is 10.1. The number of hydrogen-bond acceptors (Lipinski definition) is 7. The van der Waals surface area contributed by atoms with Gasteiger partial charge in [-0.05, 0) is 30.7 Å². The molecule has 170 valence electrons. The third-order valence-electron chi connectivity index (χ3n) is 6.18. The van der Waals surface area contributed by atoms with E-state index in [0.29, 0.717) is 17.7 Å². The van der Waals surface area contributed by atoms with Crippen molar-refractivity contribution in [2.24, 2.45) is 0 Å². The van der Waals surface area contributed by atoms with Gasteiger partial charge in [0.15, 0.2) is 5.13 Å². The first-order valence-electron chi connectivity index (χ1n) is 11.1. The van der Waals surface area contributed by atoms with Crippen LogP contribution in [0.1, 0.15) is 26.3 Å². The summed E-state index contributed by atoms with van der Waals surface area (Å²) in [6, 6.07) is 12.9. The molecule has 8 nitrogen and oxygen atoms in total. The molecule has 0 aliphatic carbocycles. The molecule has 5 rings (SSSR count). The minimum absolute atomic E-state index is 0.253. The number of carbonyl (C=O) groups excluding carboxylic acids is 3. The molecular formula is C24H25N5O3S. The maximum Gasteiger partial charge on any atom is 0.262 e. The van der Waals surface area contributed by atoms with E-state index in [9.17, 15) is 14.4 Å². The van der Waals surface area contributed by atoms with E-state index in [1.54, 1.807) is 35.6 Å². The predicted octanol–water partition coefficient (Wildman–Crippen LogP) is 2.14. The number of carbonyl (C=O) groups is 3. The number of anilines is 1. The first-order valence-corrected chi connectivity index (χ1v) is 11.9. The van der Waals surface area contributed by atoms with Crippen LogP contribution in [-0.4, -0.2) is 78.3 Å². The molecule has 0 saturated carbocycles. The molecule has 0 spiro atoms. The van der Waals surface area contributed by atoms with Crippen LogP contribution < -0.4 is 10.2 Å². The van der Waals surface area contributed by atoms with E-state index in [2.05, 4.69) is 40.2 Å². The van der Waals surface area contributed by atoms with Gasteiger partial charge in [0.05, 0.1) is 21.3 Å². The molecule has 1 N–H and O–H groups in total. The molecule has 0 bridgehead atoms.